The van der Waals surface area contributed by atoms with E-state index in [1.165, 1.54) is 18.4 Å². The Morgan fingerprint density at radius 3 is 2.31 bits per heavy atom. The highest BCUT2D eigenvalue weighted by Crippen LogP contribution is 2.46. The molecule has 0 aromatic carbocycles. The largest absolute Gasteiger partial charge is 0.481 e. The molecule has 32 heavy (non-hydrogen) atoms. The van der Waals surface area contributed by atoms with Gasteiger partial charge in [0.15, 0.2) is 0 Å². The molecule has 0 radical (unpaired) electrons. The van der Waals surface area contributed by atoms with Gasteiger partial charge in [-0.05, 0) is 62.8 Å². The Morgan fingerprint density at radius 1 is 1.12 bits per heavy atom. The van der Waals surface area contributed by atoms with Crippen LogP contribution in [0, 0.1) is 23.2 Å². The molecule has 1 aromatic heterocycles. The molecular formula is C25H35NO5S. The summed E-state index contributed by atoms with van der Waals surface area (Å²) in [6, 6.07) is 0. The van der Waals surface area contributed by atoms with Crippen molar-refractivity contribution < 1.29 is 24.2 Å². The first-order valence-electron chi connectivity index (χ1n) is 11.4. The van der Waals surface area contributed by atoms with Gasteiger partial charge in [-0.25, -0.2) is 4.79 Å². The minimum Gasteiger partial charge on any atom is -0.481 e. The van der Waals surface area contributed by atoms with E-state index in [1.54, 1.807) is 0 Å². The van der Waals surface area contributed by atoms with Gasteiger partial charge < -0.3 is 15.2 Å². The fourth-order valence-corrected chi connectivity index (χ4v) is 6.30. The first-order valence-corrected chi connectivity index (χ1v) is 12.2. The lowest BCUT2D eigenvalue weighted by Crippen LogP contribution is -2.36. The van der Waals surface area contributed by atoms with E-state index in [0.717, 1.165) is 47.3 Å². The first-order chi connectivity index (χ1) is 15.0. The van der Waals surface area contributed by atoms with Gasteiger partial charge >= 0.3 is 11.9 Å². The van der Waals surface area contributed by atoms with Crippen LogP contribution in [0.25, 0.3) is 0 Å². The molecule has 0 spiro atoms. The Bertz CT molecular complexity index is 958. The molecule has 0 saturated heterocycles. The fourth-order valence-electron chi connectivity index (χ4n) is 4.98. The average Bonchev–Trinajstić information content (AvgIpc) is 3.11. The summed E-state index contributed by atoms with van der Waals surface area (Å²) in [5.74, 6) is -2.65. The van der Waals surface area contributed by atoms with Crippen molar-refractivity contribution in [3.63, 3.8) is 0 Å². The summed E-state index contributed by atoms with van der Waals surface area (Å²) >= 11 is 1.45. The lowest BCUT2D eigenvalue weighted by Gasteiger charge is -2.36. The summed E-state index contributed by atoms with van der Waals surface area (Å²) in [4.78, 5) is 38.9. The molecule has 2 aliphatic rings. The number of hydrogen-bond donors (Lipinski definition) is 2. The van der Waals surface area contributed by atoms with Gasteiger partial charge in [-0.1, -0.05) is 38.3 Å². The SMILES string of the molecule is CCC(C)(C)[C@@H]1CCc2c(sc(NC(=O)[C@@H]3CC(C)=C(C)C[C@H]3C(=O)O)c2C(=O)OC)C1. The van der Waals surface area contributed by atoms with E-state index < -0.39 is 23.8 Å². The third-order valence-corrected chi connectivity index (χ3v) is 9.00. The number of anilines is 1. The predicted molar refractivity (Wildman–Crippen MR) is 126 cm³/mol. The maximum atomic E-state index is 13.2. The second kappa shape index (κ2) is 9.38. The van der Waals surface area contributed by atoms with Crippen LogP contribution in [0.3, 0.4) is 0 Å². The number of nitrogens with one attached hydrogen (secondary N) is 1. The van der Waals surface area contributed by atoms with E-state index in [9.17, 15) is 19.5 Å². The number of ether oxygens (including phenoxy) is 1. The van der Waals surface area contributed by atoms with Crippen molar-refractivity contribution in [1.82, 2.24) is 0 Å². The zero-order chi connectivity index (χ0) is 23.8. The standard InChI is InChI=1S/C25H35NO5S/c1-7-25(4,5)15-8-9-16-19(12-15)32-22(20(16)24(30)31-6)26-21(27)17-10-13(2)14(3)11-18(17)23(28)29/h15,17-18H,7-12H2,1-6H3,(H,26,27)(H,28,29)/t15-,17-,18-/m1/s1. The predicted octanol–water partition coefficient (Wildman–Crippen LogP) is 5.46. The number of amides is 1. The quantitative estimate of drug-likeness (QED) is 0.433. The molecule has 0 saturated carbocycles. The lowest BCUT2D eigenvalue weighted by atomic mass is 9.69. The number of allylic oxidation sites excluding steroid dienone is 2. The normalized spacial score (nSPS) is 23.5. The maximum Gasteiger partial charge on any atom is 0.341 e. The van der Waals surface area contributed by atoms with Gasteiger partial charge in [0.2, 0.25) is 5.91 Å². The summed E-state index contributed by atoms with van der Waals surface area (Å²) in [7, 11) is 1.35. The lowest BCUT2D eigenvalue weighted by molar-refractivity contribution is -0.146. The molecule has 2 aliphatic carbocycles. The van der Waals surface area contributed by atoms with Crippen LogP contribution in [0.4, 0.5) is 5.00 Å². The van der Waals surface area contributed by atoms with Crippen molar-refractivity contribution in [2.24, 2.45) is 23.2 Å². The topological polar surface area (TPSA) is 92.7 Å². The molecule has 3 rings (SSSR count). The Hall–Kier alpha value is -2.15. The molecular weight excluding hydrogens is 426 g/mol. The number of esters is 1. The van der Waals surface area contributed by atoms with Crippen molar-refractivity contribution in [2.75, 3.05) is 12.4 Å². The second-order valence-electron chi connectivity index (χ2n) is 9.99. The fraction of sp³-hybridized carbons (Fsp3) is 0.640. The van der Waals surface area contributed by atoms with E-state index in [0.29, 0.717) is 29.3 Å². The molecule has 1 heterocycles. The van der Waals surface area contributed by atoms with E-state index in [4.69, 9.17) is 4.74 Å². The van der Waals surface area contributed by atoms with E-state index >= 15 is 0 Å². The third kappa shape index (κ3) is 4.63. The van der Waals surface area contributed by atoms with Crippen LogP contribution in [-0.4, -0.2) is 30.1 Å². The van der Waals surface area contributed by atoms with Gasteiger partial charge in [0, 0.05) is 4.88 Å². The number of aliphatic carboxylic acids is 1. The highest BCUT2D eigenvalue weighted by Gasteiger charge is 2.39. The molecule has 0 unspecified atom stereocenters. The molecule has 2 N–H and O–H groups in total. The summed E-state index contributed by atoms with van der Waals surface area (Å²) in [5, 5.41) is 13.1. The van der Waals surface area contributed by atoms with Gasteiger partial charge in [0.25, 0.3) is 0 Å². The summed E-state index contributed by atoms with van der Waals surface area (Å²) in [5.41, 5.74) is 3.72. The van der Waals surface area contributed by atoms with E-state index in [1.807, 2.05) is 13.8 Å². The molecule has 0 fully saturated rings. The van der Waals surface area contributed by atoms with Crippen LogP contribution < -0.4 is 5.32 Å². The smallest absolute Gasteiger partial charge is 0.341 e. The maximum absolute atomic E-state index is 13.2. The zero-order valence-corrected chi connectivity index (χ0v) is 20.8. The van der Waals surface area contributed by atoms with Gasteiger partial charge in [-0.15, -0.1) is 11.3 Å². The Kier molecular flexibility index (Phi) is 7.18. The number of fused-ring (bicyclic) bond motifs is 1. The van der Waals surface area contributed by atoms with Crippen molar-refractivity contribution in [1.29, 1.82) is 0 Å². The number of rotatable bonds is 6. The summed E-state index contributed by atoms with van der Waals surface area (Å²) < 4.78 is 5.05. The minimum atomic E-state index is -0.958. The molecule has 1 amide bonds. The number of thiophene rings is 1. The number of carboxylic acids is 1. The van der Waals surface area contributed by atoms with Crippen molar-refractivity contribution in [3.8, 4) is 0 Å². The van der Waals surface area contributed by atoms with Gasteiger partial charge in [-0.3, -0.25) is 9.59 Å². The van der Waals surface area contributed by atoms with Crippen LogP contribution in [0.2, 0.25) is 0 Å². The Morgan fingerprint density at radius 2 is 1.75 bits per heavy atom. The van der Waals surface area contributed by atoms with Crippen LogP contribution in [0.1, 0.15) is 81.1 Å². The third-order valence-electron chi connectivity index (χ3n) is 7.83. The zero-order valence-electron chi connectivity index (χ0n) is 20.0. The monoisotopic (exact) mass is 461 g/mol. The van der Waals surface area contributed by atoms with E-state index in [-0.39, 0.29) is 11.3 Å². The van der Waals surface area contributed by atoms with Crippen molar-refractivity contribution in [3.05, 3.63) is 27.2 Å². The van der Waals surface area contributed by atoms with Gasteiger partial charge in [0.05, 0.1) is 24.5 Å². The average molecular weight is 462 g/mol. The van der Waals surface area contributed by atoms with Gasteiger partial charge in [0.1, 0.15) is 5.00 Å². The van der Waals surface area contributed by atoms with Crippen LogP contribution >= 0.6 is 11.3 Å². The minimum absolute atomic E-state index is 0.203. The van der Waals surface area contributed by atoms with Crippen molar-refractivity contribution >= 4 is 34.2 Å². The molecule has 1 aromatic rings. The first kappa shape index (κ1) is 24.5. The number of carboxylic acid groups (broad SMARTS) is 1. The van der Waals surface area contributed by atoms with Crippen molar-refractivity contribution in [2.45, 2.75) is 73.1 Å². The summed E-state index contributed by atoms with van der Waals surface area (Å²) in [6.45, 7) is 10.7. The molecule has 176 valence electrons. The number of carbonyl (C=O) groups is 3. The highest BCUT2D eigenvalue weighted by atomic mass is 32.1. The summed E-state index contributed by atoms with van der Waals surface area (Å²) in [6.07, 6.45) is 4.52. The molecule has 3 atom stereocenters. The van der Waals surface area contributed by atoms with Crippen LogP contribution in [0.15, 0.2) is 11.1 Å². The van der Waals surface area contributed by atoms with Gasteiger partial charge in [-0.2, -0.15) is 0 Å². The number of carbonyl (C=O) groups excluding carboxylic acids is 2. The Balaban J connectivity index is 1.92. The van der Waals surface area contributed by atoms with Crippen LogP contribution in [0.5, 0.6) is 0 Å². The molecule has 0 bridgehead atoms. The second-order valence-corrected chi connectivity index (χ2v) is 11.1. The molecule has 6 nitrogen and oxygen atoms in total. The number of hydrogen-bond acceptors (Lipinski definition) is 5. The number of methoxy groups -OCH3 is 1. The molecule has 0 aliphatic heterocycles. The highest BCUT2D eigenvalue weighted by molar-refractivity contribution is 7.17. The molecule has 7 heteroatoms. The Labute approximate surface area is 194 Å². The van der Waals surface area contributed by atoms with Crippen LogP contribution in [-0.2, 0) is 27.2 Å². The van der Waals surface area contributed by atoms with E-state index in [2.05, 4.69) is 26.1 Å².